The molecule has 1 aromatic carbocycles. The zero-order valence-corrected chi connectivity index (χ0v) is 18.5. The molecule has 0 saturated carbocycles. The Hall–Kier alpha value is -2.47. The van der Waals surface area contributed by atoms with Crippen molar-refractivity contribution in [3.8, 4) is 5.75 Å². The predicted molar refractivity (Wildman–Crippen MR) is 113 cm³/mol. The van der Waals surface area contributed by atoms with Gasteiger partial charge in [0.15, 0.2) is 12.4 Å². The summed E-state index contributed by atoms with van der Waals surface area (Å²) in [5.41, 5.74) is 0.232. The molecule has 1 fully saturated rings. The third-order valence-corrected chi connectivity index (χ3v) is 8.29. The molecule has 0 unspecified atom stereocenters. The number of thiophene rings is 1. The molecule has 1 saturated heterocycles. The van der Waals surface area contributed by atoms with Crippen molar-refractivity contribution in [2.75, 3.05) is 26.2 Å². The topological polar surface area (TPSA) is 84.7 Å². The zero-order chi connectivity index (χ0) is 22.0. The summed E-state index contributed by atoms with van der Waals surface area (Å²) in [4.78, 5) is 14.3. The molecule has 4 rings (SSSR count). The second-order valence-electron chi connectivity index (χ2n) is 6.72. The molecule has 12 heteroatoms. The van der Waals surface area contributed by atoms with Gasteiger partial charge in [0.1, 0.15) is 15.8 Å². The number of halogens is 2. The summed E-state index contributed by atoms with van der Waals surface area (Å²) in [5, 5.41) is 5.88. The fourth-order valence-corrected chi connectivity index (χ4v) is 5.82. The summed E-state index contributed by atoms with van der Waals surface area (Å²) in [6, 6.07) is 8.84. The number of carbonyl (C=O) groups is 1. The number of aromatic nitrogens is 2. The first-order chi connectivity index (χ1) is 14.8. The summed E-state index contributed by atoms with van der Waals surface area (Å²) >= 11 is 6.90. The highest BCUT2D eigenvalue weighted by molar-refractivity contribution is 7.91. The van der Waals surface area contributed by atoms with Crippen LogP contribution in [0.2, 0.25) is 5.02 Å². The van der Waals surface area contributed by atoms with Gasteiger partial charge in [-0.05, 0) is 29.6 Å². The van der Waals surface area contributed by atoms with Gasteiger partial charge in [0, 0.05) is 38.4 Å². The Labute approximate surface area is 187 Å². The van der Waals surface area contributed by atoms with E-state index < -0.39 is 15.8 Å². The van der Waals surface area contributed by atoms with Crippen LogP contribution in [0.5, 0.6) is 5.75 Å². The van der Waals surface area contributed by atoms with Crippen molar-refractivity contribution >= 4 is 38.9 Å². The standard InChI is InChI=1S/C19H18ClFN4O4S2/c20-15-12-14(3-4-16(15)21)29-13-24-6-5-17(22-24)19(26)23-7-9-25(10-8-23)31(27,28)18-2-1-11-30-18/h1-6,11-12H,7-10,13H2. The molecule has 1 amide bonds. The van der Waals surface area contributed by atoms with Crippen molar-refractivity contribution in [1.82, 2.24) is 19.0 Å². The number of amides is 1. The fourth-order valence-electron chi connectivity index (χ4n) is 3.09. The van der Waals surface area contributed by atoms with Crippen LogP contribution in [0.25, 0.3) is 0 Å². The highest BCUT2D eigenvalue weighted by atomic mass is 35.5. The number of hydrogen-bond acceptors (Lipinski definition) is 6. The van der Waals surface area contributed by atoms with Gasteiger partial charge in [-0.2, -0.15) is 9.40 Å². The third kappa shape index (κ3) is 4.74. The summed E-state index contributed by atoms with van der Waals surface area (Å²) < 4.78 is 47.0. The SMILES string of the molecule is O=C(c1ccn(COc2ccc(F)c(Cl)c2)n1)N1CCN(S(=O)(=O)c2cccs2)CC1. The molecule has 2 aromatic heterocycles. The van der Waals surface area contributed by atoms with Crippen LogP contribution in [-0.2, 0) is 16.8 Å². The second-order valence-corrected chi connectivity index (χ2v) is 10.2. The Morgan fingerprint density at radius 2 is 1.97 bits per heavy atom. The van der Waals surface area contributed by atoms with Gasteiger partial charge >= 0.3 is 0 Å². The van der Waals surface area contributed by atoms with E-state index in [0.29, 0.717) is 9.96 Å². The van der Waals surface area contributed by atoms with Gasteiger partial charge in [-0.25, -0.2) is 17.5 Å². The van der Waals surface area contributed by atoms with Gasteiger partial charge in [0.25, 0.3) is 15.9 Å². The highest BCUT2D eigenvalue weighted by Gasteiger charge is 2.31. The lowest BCUT2D eigenvalue weighted by Gasteiger charge is -2.33. The van der Waals surface area contributed by atoms with Crippen LogP contribution in [0, 0.1) is 5.82 Å². The average Bonchev–Trinajstić information content (AvgIpc) is 3.47. The van der Waals surface area contributed by atoms with Gasteiger partial charge in [0.05, 0.1) is 5.02 Å². The van der Waals surface area contributed by atoms with Crippen molar-refractivity contribution in [3.63, 3.8) is 0 Å². The molecule has 0 spiro atoms. The van der Waals surface area contributed by atoms with Crippen molar-refractivity contribution in [2.24, 2.45) is 0 Å². The number of piperazine rings is 1. The number of sulfonamides is 1. The largest absolute Gasteiger partial charge is 0.471 e. The van der Waals surface area contributed by atoms with Crippen LogP contribution in [0.1, 0.15) is 10.5 Å². The molecule has 8 nitrogen and oxygen atoms in total. The second kappa shape index (κ2) is 8.95. The molecule has 3 heterocycles. The maximum Gasteiger partial charge on any atom is 0.274 e. The van der Waals surface area contributed by atoms with Crippen LogP contribution in [-0.4, -0.2) is 59.5 Å². The predicted octanol–water partition coefficient (Wildman–Crippen LogP) is 2.92. The van der Waals surface area contributed by atoms with Crippen molar-refractivity contribution in [1.29, 1.82) is 0 Å². The summed E-state index contributed by atoms with van der Waals surface area (Å²) in [6.07, 6.45) is 1.59. The Morgan fingerprint density at radius 1 is 1.19 bits per heavy atom. The van der Waals surface area contributed by atoms with E-state index in [1.54, 1.807) is 34.7 Å². The minimum atomic E-state index is -3.52. The molecule has 1 aliphatic heterocycles. The van der Waals surface area contributed by atoms with Crippen LogP contribution >= 0.6 is 22.9 Å². The van der Waals surface area contributed by atoms with E-state index in [2.05, 4.69) is 5.10 Å². The third-order valence-electron chi connectivity index (χ3n) is 4.73. The molecule has 0 N–H and O–H groups in total. The molecule has 3 aromatic rings. The normalized spacial score (nSPS) is 15.2. The first kappa shape index (κ1) is 21.8. The summed E-state index contributed by atoms with van der Waals surface area (Å²) in [6.45, 7) is 1.02. The minimum absolute atomic E-state index is 0.0159. The number of rotatable bonds is 6. The van der Waals surface area contributed by atoms with E-state index >= 15 is 0 Å². The molecule has 0 atom stereocenters. The molecule has 1 aliphatic rings. The highest BCUT2D eigenvalue weighted by Crippen LogP contribution is 2.23. The molecule has 0 bridgehead atoms. The van der Waals surface area contributed by atoms with E-state index in [0.717, 1.165) is 0 Å². The number of nitrogens with zero attached hydrogens (tertiary/aromatic N) is 4. The lowest BCUT2D eigenvalue weighted by atomic mass is 10.3. The van der Waals surface area contributed by atoms with Crippen molar-refractivity contribution in [3.05, 3.63) is 64.5 Å². The molecular weight excluding hydrogens is 467 g/mol. The van der Waals surface area contributed by atoms with Gasteiger partial charge in [-0.1, -0.05) is 17.7 Å². The monoisotopic (exact) mass is 484 g/mol. The van der Waals surface area contributed by atoms with Crippen molar-refractivity contribution in [2.45, 2.75) is 10.9 Å². The van der Waals surface area contributed by atoms with E-state index in [1.165, 1.54) is 38.5 Å². The summed E-state index contributed by atoms with van der Waals surface area (Å²) in [7, 11) is -3.52. The van der Waals surface area contributed by atoms with E-state index in [-0.39, 0.29) is 49.5 Å². The molecule has 31 heavy (non-hydrogen) atoms. The first-order valence-corrected chi connectivity index (χ1v) is 12.0. The number of carbonyl (C=O) groups excluding carboxylic acids is 1. The van der Waals surface area contributed by atoms with Gasteiger partial charge in [-0.15, -0.1) is 11.3 Å². The van der Waals surface area contributed by atoms with Crippen LogP contribution in [0.4, 0.5) is 4.39 Å². The number of ether oxygens (including phenoxy) is 1. The fraction of sp³-hybridized carbons (Fsp3) is 0.263. The average molecular weight is 485 g/mol. The Bertz CT molecular complexity index is 1180. The molecule has 0 aliphatic carbocycles. The quantitative estimate of drug-likeness (QED) is 0.537. The van der Waals surface area contributed by atoms with E-state index in [1.807, 2.05) is 0 Å². The van der Waals surface area contributed by atoms with E-state index in [9.17, 15) is 17.6 Å². The maximum atomic E-state index is 13.2. The first-order valence-electron chi connectivity index (χ1n) is 9.29. The Kier molecular flexibility index (Phi) is 6.28. The molecule has 164 valence electrons. The molecule has 0 radical (unpaired) electrons. The Balaban J connectivity index is 1.33. The maximum absolute atomic E-state index is 13.2. The smallest absolute Gasteiger partial charge is 0.274 e. The Morgan fingerprint density at radius 3 is 2.65 bits per heavy atom. The van der Waals surface area contributed by atoms with Gasteiger partial charge in [-0.3, -0.25) is 4.79 Å². The lowest BCUT2D eigenvalue weighted by molar-refractivity contribution is 0.0690. The van der Waals surface area contributed by atoms with Crippen molar-refractivity contribution < 1.29 is 22.3 Å². The van der Waals surface area contributed by atoms with Gasteiger partial charge in [0.2, 0.25) is 0 Å². The summed E-state index contributed by atoms with van der Waals surface area (Å²) in [5.74, 6) is -0.445. The number of hydrogen-bond donors (Lipinski definition) is 0. The van der Waals surface area contributed by atoms with Crippen LogP contribution in [0.15, 0.2) is 52.2 Å². The number of benzene rings is 1. The van der Waals surface area contributed by atoms with Gasteiger partial charge < -0.3 is 9.64 Å². The van der Waals surface area contributed by atoms with E-state index in [4.69, 9.17) is 16.3 Å². The molecular formula is C19H18ClFN4O4S2. The zero-order valence-electron chi connectivity index (χ0n) is 16.1. The van der Waals surface area contributed by atoms with Crippen LogP contribution < -0.4 is 4.74 Å². The lowest BCUT2D eigenvalue weighted by Crippen LogP contribution is -2.50. The minimum Gasteiger partial charge on any atom is -0.471 e. The van der Waals surface area contributed by atoms with Crippen LogP contribution in [0.3, 0.4) is 0 Å².